The quantitative estimate of drug-likeness (QED) is 0.864. The molecule has 1 amide bonds. The summed E-state index contributed by atoms with van der Waals surface area (Å²) >= 11 is 0. The molecule has 0 aromatic heterocycles. The van der Waals surface area contributed by atoms with E-state index in [1.807, 2.05) is 24.3 Å². The number of ether oxygens (including phenoxy) is 1. The number of nitrogens with one attached hydrogen (secondary N) is 1. The largest absolute Gasteiger partial charge is 0.497 e. The number of amides is 1. The van der Waals surface area contributed by atoms with Crippen LogP contribution in [0.25, 0.3) is 0 Å². The standard InChI is InChI=1S/C15H22N2O2/c1-15(2)12(16)9-13(15)17-14(18)8-10-5-4-6-11(7-10)19-3/h4-7,12-13H,8-9,16H2,1-3H3,(H,17,18). The third-order valence-electron chi connectivity index (χ3n) is 4.18. The van der Waals surface area contributed by atoms with Crippen molar-refractivity contribution in [1.29, 1.82) is 0 Å². The maximum Gasteiger partial charge on any atom is 0.224 e. The van der Waals surface area contributed by atoms with Gasteiger partial charge in [0.15, 0.2) is 0 Å². The molecular weight excluding hydrogens is 240 g/mol. The molecule has 1 aromatic carbocycles. The summed E-state index contributed by atoms with van der Waals surface area (Å²) in [5, 5.41) is 3.06. The van der Waals surface area contributed by atoms with Crippen molar-refractivity contribution < 1.29 is 9.53 Å². The smallest absolute Gasteiger partial charge is 0.224 e. The number of rotatable bonds is 4. The molecular formula is C15H22N2O2. The Hall–Kier alpha value is -1.55. The third kappa shape index (κ3) is 2.89. The Balaban J connectivity index is 1.91. The normalized spacial score (nSPS) is 24.4. The molecule has 0 spiro atoms. The van der Waals surface area contributed by atoms with E-state index >= 15 is 0 Å². The van der Waals surface area contributed by atoms with Crippen molar-refractivity contribution in [2.75, 3.05) is 7.11 Å². The van der Waals surface area contributed by atoms with Gasteiger partial charge >= 0.3 is 0 Å². The molecule has 19 heavy (non-hydrogen) atoms. The molecule has 1 aromatic rings. The highest BCUT2D eigenvalue weighted by Gasteiger charge is 2.46. The van der Waals surface area contributed by atoms with E-state index in [9.17, 15) is 4.79 Å². The lowest BCUT2D eigenvalue weighted by Gasteiger charge is -2.50. The number of hydrogen-bond acceptors (Lipinski definition) is 3. The molecule has 0 heterocycles. The van der Waals surface area contributed by atoms with Crippen LogP contribution in [-0.4, -0.2) is 25.1 Å². The third-order valence-corrected chi connectivity index (χ3v) is 4.18. The van der Waals surface area contributed by atoms with Crippen LogP contribution in [-0.2, 0) is 11.2 Å². The van der Waals surface area contributed by atoms with E-state index in [2.05, 4.69) is 19.2 Å². The highest BCUT2D eigenvalue weighted by molar-refractivity contribution is 5.79. The number of nitrogens with two attached hydrogens (primary N) is 1. The van der Waals surface area contributed by atoms with E-state index in [1.165, 1.54) is 0 Å². The molecule has 0 aliphatic heterocycles. The van der Waals surface area contributed by atoms with E-state index < -0.39 is 0 Å². The maximum absolute atomic E-state index is 12.0. The molecule has 1 aliphatic carbocycles. The van der Waals surface area contributed by atoms with Crippen LogP contribution in [0.15, 0.2) is 24.3 Å². The summed E-state index contributed by atoms with van der Waals surface area (Å²) in [5.41, 5.74) is 6.89. The molecule has 2 atom stereocenters. The molecule has 1 fully saturated rings. The van der Waals surface area contributed by atoms with Gasteiger partial charge in [0.2, 0.25) is 5.91 Å². The molecule has 1 aliphatic rings. The molecule has 4 heteroatoms. The molecule has 104 valence electrons. The highest BCUT2D eigenvalue weighted by Crippen LogP contribution is 2.38. The van der Waals surface area contributed by atoms with Gasteiger partial charge in [-0.15, -0.1) is 0 Å². The van der Waals surface area contributed by atoms with E-state index in [1.54, 1.807) is 7.11 Å². The lowest BCUT2D eigenvalue weighted by atomic mass is 9.63. The Kier molecular flexibility index (Phi) is 3.80. The van der Waals surface area contributed by atoms with Crippen LogP contribution < -0.4 is 15.8 Å². The zero-order chi connectivity index (χ0) is 14.0. The Morgan fingerprint density at radius 1 is 1.53 bits per heavy atom. The number of benzene rings is 1. The van der Waals surface area contributed by atoms with Gasteiger partial charge in [0, 0.05) is 17.5 Å². The van der Waals surface area contributed by atoms with Crippen LogP contribution in [0.3, 0.4) is 0 Å². The summed E-state index contributed by atoms with van der Waals surface area (Å²) in [6, 6.07) is 7.94. The lowest BCUT2D eigenvalue weighted by Crippen LogP contribution is -2.64. The fraction of sp³-hybridized carbons (Fsp3) is 0.533. The van der Waals surface area contributed by atoms with E-state index in [-0.39, 0.29) is 23.4 Å². The van der Waals surface area contributed by atoms with Gasteiger partial charge in [-0.05, 0) is 24.1 Å². The minimum Gasteiger partial charge on any atom is -0.497 e. The minimum absolute atomic E-state index is 0.00988. The van der Waals surface area contributed by atoms with Crippen molar-refractivity contribution in [3.63, 3.8) is 0 Å². The summed E-state index contributed by atoms with van der Waals surface area (Å²) < 4.78 is 5.15. The summed E-state index contributed by atoms with van der Waals surface area (Å²) in [5.74, 6) is 0.814. The number of hydrogen-bond donors (Lipinski definition) is 2. The Labute approximate surface area is 114 Å². The fourth-order valence-corrected chi connectivity index (χ4v) is 2.42. The zero-order valence-corrected chi connectivity index (χ0v) is 11.8. The van der Waals surface area contributed by atoms with Gasteiger partial charge in [-0.25, -0.2) is 0 Å². The first-order valence-electron chi connectivity index (χ1n) is 6.61. The van der Waals surface area contributed by atoms with E-state index in [0.29, 0.717) is 6.42 Å². The zero-order valence-electron chi connectivity index (χ0n) is 11.8. The molecule has 3 N–H and O–H groups in total. The Bertz CT molecular complexity index is 471. The van der Waals surface area contributed by atoms with Gasteiger partial charge in [-0.2, -0.15) is 0 Å². The van der Waals surface area contributed by atoms with Crippen LogP contribution in [0.2, 0.25) is 0 Å². The van der Waals surface area contributed by atoms with Gasteiger partial charge in [0.25, 0.3) is 0 Å². The van der Waals surface area contributed by atoms with Crippen LogP contribution in [0.4, 0.5) is 0 Å². The second-order valence-electron chi connectivity index (χ2n) is 5.81. The molecule has 2 unspecified atom stereocenters. The van der Waals surface area contributed by atoms with Crippen LogP contribution >= 0.6 is 0 Å². The molecule has 1 saturated carbocycles. The van der Waals surface area contributed by atoms with Crippen LogP contribution in [0, 0.1) is 5.41 Å². The topological polar surface area (TPSA) is 64.3 Å². The molecule has 0 saturated heterocycles. The van der Waals surface area contributed by atoms with Crippen molar-refractivity contribution in [2.24, 2.45) is 11.1 Å². The predicted octanol–water partition coefficient (Wildman–Crippen LogP) is 1.48. The average Bonchev–Trinajstić information content (AvgIpc) is 2.38. The molecule has 4 nitrogen and oxygen atoms in total. The van der Waals surface area contributed by atoms with Crippen molar-refractivity contribution in [1.82, 2.24) is 5.32 Å². The number of methoxy groups -OCH3 is 1. The first-order valence-corrected chi connectivity index (χ1v) is 6.61. The molecule has 2 rings (SSSR count). The van der Waals surface area contributed by atoms with Gasteiger partial charge < -0.3 is 15.8 Å². The summed E-state index contributed by atoms with van der Waals surface area (Å²) in [4.78, 5) is 12.0. The first kappa shape index (κ1) is 13.9. The van der Waals surface area contributed by atoms with Gasteiger partial charge in [-0.3, -0.25) is 4.79 Å². The van der Waals surface area contributed by atoms with Crippen molar-refractivity contribution in [3.8, 4) is 5.75 Å². The van der Waals surface area contributed by atoms with Crippen molar-refractivity contribution >= 4 is 5.91 Å². The van der Waals surface area contributed by atoms with Gasteiger partial charge in [0.1, 0.15) is 5.75 Å². The average molecular weight is 262 g/mol. The minimum atomic E-state index is -0.00988. The van der Waals surface area contributed by atoms with Crippen molar-refractivity contribution in [2.45, 2.75) is 38.8 Å². The van der Waals surface area contributed by atoms with Crippen LogP contribution in [0.5, 0.6) is 5.75 Å². The summed E-state index contributed by atoms with van der Waals surface area (Å²) in [7, 11) is 1.62. The van der Waals surface area contributed by atoms with E-state index in [4.69, 9.17) is 10.5 Å². The van der Waals surface area contributed by atoms with Gasteiger partial charge in [0.05, 0.1) is 13.5 Å². The first-order chi connectivity index (χ1) is 8.93. The predicted molar refractivity (Wildman–Crippen MR) is 75.0 cm³/mol. The number of carbonyl (C=O) groups excluding carboxylic acids is 1. The Morgan fingerprint density at radius 2 is 2.26 bits per heavy atom. The summed E-state index contributed by atoms with van der Waals surface area (Å²) in [6.45, 7) is 4.19. The monoisotopic (exact) mass is 262 g/mol. The highest BCUT2D eigenvalue weighted by atomic mass is 16.5. The SMILES string of the molecule is COc1cccc(CC(=O)NC2CC(N)C2(C)C)c1. The van der Waals surface area contributed by atoms with Gasteiger partial charge in [-0.1, -0.05) is 26.0 Å². The lowest BCUT2D eigenvalue weighted by molar-refractivity contribution is -0.123. The van der Waals surface area contributed by atoms with E-state index in [0.717, 1.165) is 17.7 Å². The molecule has 0 radical (unpaired) electrons. The number of carbonyl (C=O) groups is 1. The summed E-state index contributed by atoms with van der Waals surface area (Å²) in [6.07, 6.45) is 1.23. The molecule has 0 bridgehead atoms. The fourth-order valence-electron chi connectivity index (χ4n) is 2.42. The van der Waals surface area contributed by atoms with Crippen LogP contribution in [0.1, 0.15) is 25.8 Å². The second-order valence-corrected chi connectivity index (χ2v) is 5.81. The Morgan fingerprint density at radius 3 is 2.84 bits per heavy atom. The second kappa shape index (κ2) is 5.21. The van der Waals surface area contributed by atoms with Crippen molar-refractivity contribution in [3.05, 3.63) is 29.8 Å². The maximum atomic E-state index is 12.0.